The molecular formula is C12H15N5S3. The Morgan fingerprint density at radius 2 is 2.00 bits per heavy atom. The van der Waals surface area contributed by atoms with Crippen LogP contribution in [0.4, 0.5) is 0 Å². The minimum absolute atomic E-state index is 0.111. The lowest BCUT2D eigenvalue weighted by Gasteiger charge is -2.02. The Bertz CT molecular complexity index is 513. The first kappa shape index (κ1) is 16.5. The van der Waals surface area contributed by atoms with Gasteiger partial charge in [0.25, 0.3) is 0 Å². The average Bonchev–Trinajstić information content (AvgIpc) is 2.44. The van der Waals surface area contributed by atoms with Crippen LogP contribution in [0.2, 0.25) is 0 Å². The van der Waals surface area contributed by atoms with Gasteiger partial charge in [-0.3, -0.25) is 10.9 Å². The zero-order valence-corrected chi connectivity index (χ0v) is 13.3. The molecule has 20 heavy (non-hydrogen) atoms. The van der Waals surface area contributed by atoms with E-state index in [-0.39, 0.29) is 5.11 Å². The average molecular weight is 325 g/mol. The summed E-state index contributed by atoms with van der Waals surface area (Å²) in [5.41, 5.74) is 12.3. The van der Waals surface area contributed by atoms with Crippen molar-refractivity contribution in [3.05, 3.63) is 35.9 Å². The summed E-state index contributed by atoms with van der Waals surface area (Å²) in [6, 6.07) is 10.1. The quantitative estimate of drug-likeness (QED) is 0.437. The number of hydrogen-bond donors (Lipinski definition) is 3. The molecule has 0 fully saturated rings. The number of thioether (sulfide) groups is 1. The molecule has 0 aliphatic rings. The first-order chi connectivity index (χ1) is 9.58. The van der Waals surface area contributed by atoms with Crippen molar-refractivity contribution < 1.29 is 0 Å². The van der Waals surface area contributed by atoms with Gasteiger partial charge in [-0.05, 0) is 24.7 Å². The van der Waals surface area contributed by atoms with Crippen molar-refractivity contribution in [3.63, 3.8) is 0 Å². The fourth-order valence-electron chi connectivity index (χ4n) is 1.11. The van der Waals surface area contributed by atoms with Crippen LogP contribution in [0.5, 0.6) is 0 Å². The van der Waals surface area contributed by atoms with Crippen molar-refractivity contribution >= 4 is 57.6 Å². The van der Waals surface area contributed by atoms with Gasteiger partial charge in [-0.15, -0.1) is 0 Å². The van der Waals surface area contributed by atoms with Crippen LogP contribution in [0.15, 0.2) is 40.5 Å². The van der Waals surface area contributed by atoms with Gasteiger partial charge in [0.2, 0.25) is 0 Å². The summed E-state index contributed by atoms with van der Waals surface area (Å²) >= 11 is 11.3. The maximum atomic E-state index is 5.24. The molecule has 8 heteroatoms. The van der Waals surface area contributed by atoms with Crippen LogP contribution in [0.1, 0.15) is 12.5 Å². The second-order valence-electron chi connectivity index (χ2n) is 3.66. The first-order valence-electron chi connectivity index (χ1n) is 5.67. The lowest BCUT2D eigenvalue weighted by atomic mass is 10.2. The number of nitrogens with zero attached hydrogens (tertiary/aromatic N) is 2. The lowest BCUT2D eigenvalue weighted by molar-refractivity contribution is 1.03. The van der Waals surface area contributed by atoms with Crippen LogP contribution in [-0.2, 0) is 5.75 Å². The van der Waals surface area contributed by atoms with Crippen LogP contribution in [0.3, 0.4) is 0 Å². The van der Waals surface area contributed by atoms with E-state index in [1.54, 1.807) is 6.92 Å². The Balaban J connectivity index is 2.29. The standard InChI is InChI=1S/C12H15N5S3/c1-9(15-16-11(13)18)7-14-17-12(19)20-8-10-5-3-2-4-6-10/h2-7H,8H2,1H3,(H,17,19)(H3,13,16,18)/b14-7+,15-9-. The predicted octanol–water partition coefficient (Wildman–Crippen LogP) is 1.99. The van der Waals surface area contributed by atoms with Gasteiger partial charge < -0.3 is 5.73 Å². The topological polar surface area (TPSA) is 74.8 Å². The molecule has 0 unspecified atom stereocenters. The molecule has 0 atom stereocenters. The van der Waals surface area contributed by atoms with Crippen LogP contribution < -0.4 is 16.6 Å². The monoisotopic (exact) mass is 325 g/mol. The third-order valence-corrected chi connectivity index (χ3v) is 3.33. The summed E-state index contributed by atoms with van der Waals surface area (Å²) in [6.45, 7) is 1.76. The van der Waals surface area contributed by atoms with E-state index in [0.717, 1.165) is 5.75 Å². The Morgan fingerprint density at radius 3 is 2.65 bits per heavy atom. The highest BCUT2D eigenvalue weighted by Gasteiger charge is 1.97. The molecule has 0 amide bonds. The maximum Gasteiger partial charge on any atom is 0.184 e. The van der Waals surface area contributed by atoms with E-state index in [0.29, 0.717) is 10.0 Å². The fraction of sp³-hybridized carbons (Fsp3) is 0.167. The number of rotatable bonds is 5. The molecule has 1 rings (SSSR count). The maximum absolute atomic E-state index is 5.24. The van der Waals surface area contributed by atoms with E-state index in [9.17, 15) is 0 Å². The molecule has 5 nitrogen and oxygen atoms in total. The minimum Gasteiger partial charge on any atom is -0.375 e. The minimum atomic E-state index is 0.111. The van der Waals surface area contributed by atoms with Crippen LogP contribution in [-0.4, -0.2) is 21.4 Å². The molecule has 106 valence electrons. The number of hydrazone groups is 2. The van der Waals surface area contributed by atoms with E-state index in [4.69, 9.17) is 18.0 Å². The second-order valence-corrected chi connectivity index (χ2v) is 5.75. The summed E-state index contributed by atoms with van der Waals surface area (Å²) < 4.78 is 0.597. The summed E-state index contributed by atoms with van der Waals surface area (Å²) in [5.74, 6) is 0.804. The van der Waals surface area contributed by atoms with E-state index in [1.807, 2.05) is 18.2 Å². The zero-order valence-electron chi connectivity index (χ0n) is 10.9. The molecule has 0 bridgehead atoms. The van der Waals surface area contributed by atoms with E-state index >= 15 is 0 Å². The van der Waals surface area contributed by atoms with Crippen molar-refractivity contribution in [2.24, 2.45) is 15.9 Å². The highest BCUT2D eigenvalue weighted by molar-refractivity contribution is 8.22. The molecule has 0 radical (unpaired) electrons. The zero-order chi connectivity index (χ0) is 14.8. The van der Waals surface area contributed by atoms with Gasteiger partial charge >= 0.3 is 0 Å². The number of hydrogen-bond acceptors (Lipinski definition) is 5. The van der Waals surface area contributed by atoms with Crippen molar-refractivity contribution in [1.82, 2.24) is 10.9 Å². The molecule has 0 aliphatic carbocycles. The number of thiocarbonyl (C=S) groups is 2. The number of nitrogens with one attached hydrogen (secondary N) is 2. The summed E-state index contributed by atoms with van der Waals surface area (Å²) in [6.07, 6.45) is 1.53. The van der Waals surface area contributed by atoms with Crippen LogP contribution >= 0.6 is 36.2 Å². The van der Waals surface area contributed by atoms with Gasteiger partial charge in [-0.25, -0.2) is 0 Å². The van der Waals surface area contributed by atoms with Gasteiger partial charge in [0.05, 0.1) is 11.9 Å². The van der Waals surface area contributed by atoms with Gasteiger partial charge in [0, 0.05) is 5.75 Å². The Morgan fingerprint density at radius 1 is 1.30 bits per heavy atom. The van der Waals surface area contributed by atoms with Crippen LogP contribution in [0.25, 0.3) is 0 Å². The van der Waals surface area contributed by atoms with Crippen molar-refractivity contribution in [2.75, 3.05) is 0 Å². The molecule has 1 aromatic carbocycles. The van der Waals surface area contributed by atoms with Crippen molar-refractivity contribution in [3.8, 4) is 0 Å². The van der Waals surface area contributed by atoms with Gasteiger partial charge in [0.1, 0.15) is 0 Å². The Labute approximate surface area is 133 Å². The molecule has 4 N–H and O–H groups in total. The van der Waals surface area contributed by atoms with Gasteiger partial charge in [0.15, 0.2) is 9.43 Å². The lowest BCUT2D eigenvalue weighted by Crippen LogP contribution is -2.25. The number of benzene rings is 1. The Kier molecular flexibility index (Phi) is 7.78. The summed E-state index contributed by atoms with van der Waals surface area (Å²) in [4.78, 5) is 0. The van der Waals surface area contributed by atoms with Crippen molar-refractivity contribution in [2.45, 2.75) is 12.7 Å². The third kappa shape index (κ3) is 7.82. The predicted molar refractivity (Wildman–Crippen MR) is 95.0 cm³/mol. The molecular weight excluding hydrogens is 310 g/mol. The van der Waals surface area contributed by atoms with Gasteiger partial charge in [-0.1, -0.05) is 54.3 Å². The Hall–Kier alpha value is -1.51. The van der Waals surface area contributed by atoms with E-state index < -0.39 is 0 Å². The van der Waals surface area contributed by atoms with Crippen molar-refractivity contribution in [1.29, 1.82) is 0 Å². The van der Waals surface area contributed by atoms with Gasteiger partial charge in [-0.2, -0.15) is 10.2 Å². The normalized spacial score (nSPS) is 11.3. The summed E-state index contributed by atoms with van der Waals surface area (Å²) in [7, 11) is 0. The summed E-state index contributed by atoms with van der Waals surface area (Å²) in [5, 5.41) is 7.96. The highest BCUT2D eigenvalue weighted by atomic mass is 32.2. The molecule has 0 saturated heterocycles. The largest absolute Gasteiger partial charge is 0.375 e. The molecule has 0 aromatic heterocycles. The first-order valence-corrected chi connectivity index (χ1v) is 7.47. The SMILES string of the molecule is CC(/C=N/NC(=S)SCc1ccccc1)=N/NC(N)=S. The number of nitrogens with two attached hydrogens (primary N) is 1. The second kappa shape index (κ2) is 9.40. The molecule has 0 spiro atoms. The third-order valence-electron chi connectivity index (χ3n) is 1.96. The highest BCUT2D eigenvalue weighted by Crippen LogP contribution is 2.12. The molecule has 0 aliphatic heterocycles. The molecule has 0 heterocycles. The molecule has 0 saturated carbocycles. The fourth-order valence-corrected chi connectivity index (χ4v) is 1.99. The van der Waals surface area contributed by atoms with E-state index in [1.165, 1.54) is 23.5 Å². The molecule has 1 aromatic rings. The van der Waals surface area contributed by atoms with Crippen LogP contribution in [0, 0.1) is 0 Å². The smallest absolute Gasteiger partial charge is 0.184 e. The van der Waals surface area contributed by atoms with E-state index in [2.05, 4.69) is 45.4 Å².